The molecular weight excluding hydrogens is 330 g/mol. The van der Waals surface area contributed by atoms with Crippen molar-refractivity contribution in [2.24, 2.45) is 0 Å². The van der Waals surface area contributed by atoms with E-state index >= 15 is 0 Å². The highest BCUT2D eigenvalue weighted by Crippen LogP contribution is 2.16. The molecule has 7 heteroatoms. The van der Waals surface area contributed by atoms with Crippen LogP contribution in [0.2, 0.25) is 0 Å². The summed E-state index contributed by atoms with van der Waals surface area (Å²) in [6.45, 7) is 10.2. The standard InChI is InChI=1S/C19H29N5O2/c1-6-12(2)21-19(26)9-10-20-18(25)8-7-16-14(4)22-17-11-13(3)23-24(17)15(16)5/h11-12H,6-10H2,1-5H3,(H,20,25)(H,21,26)/t12-/m1/s1. The van der Waals surface area contributed by atoms with Crippen LogP contribution in [0.1, 0.15) is 55.8 Å². The van der Waals surface area contributed by atoms with E-state index in [4.69, 9.17) is 0 Å². The van der Waals surface area contributed by atoms with Gasteiger partial charge in [-0.2, -0.15) is 5.10 Å². The molecule has 0 unspecified atom stereocenters. The van der Waals surface area contributed by atoms with Crippen LogP contribution < -0.4 is 10.6 Å². The van der Waals surface area contributed by atoms with E-state index in [0.717, 1.165) is 34.7 Å². The lowest BCUT2D eigenvalue weighted by atomic mass is 10.1. The zero-order chi connectivity index (χ0) is 19.3. The predicted molar refractivity (Wildman–Crippen MR) is 101 cm³/mol. The first-order valence-corrected chi connectivity index (χ1v) is 9.20. The number of rotatable bonds is 8. The topological polar surface area (TPSA) is 88.4 Å². The van der Waals surface area contributed by atoms with Gasteiger partial charge in [0.2, 0.25) is 11.8 Å². The van der Waals surface area contributed by atoms with E-state index in [2.05, 4.69) is 20.7 Å². The number of aromatic nitrogens is 3. The van der Waals surface area contributed by atoms with Crippen LogP contribution in [-0.2, 0) is 16.0 Å². The number of carbonyl (C=O) groups excluding carboxylic acids is 2. The molecule has 0 bridgehead atoms. The second kappa shape index (κ2) is 8.78. The van der Waals surface area contributed by atoms with Gasteiger partial charge < -0.3 is 10.6 Å². The van der Waals surface area contributed by atoms with Crippen LogP contribution in [0.25, 0.3) is 5.65 Å². The van der Waals surface area contributed by atoms with Gasteiger partial charge in [-0.05, 0) is 46.1 Å². The Labute approximate surface area is 154 Å². The molecule has 0 saturated carbocycles. The maximum Gasteiger partial charge on any atom is 0.221 e. The van der Waals surface area contributed by atoms with E-state index < -0.39 is 0 Å². The van der Waals surface area contributed by atoms with E-state index in [9.17, 15) is 9.59 Å². The average molecular weight is 359 g/mol. The van der Waals surface area contributed by atoms with Crippen molar-refractivity contribution in [3.8, 4) is 0 Å². The van der Waals surface area contributed by atoms with Crippen molar-refractivity contribution in [2.75, 3.05) is 6.54 Å². The summed E-state index contributed by atoms with van der Waals surface area (Å²) in [5.41, 5.74) is 4.74. The van der Waals surface area contributed by atoms with E-state index in [1.54, 1.807) is 0 Å². The first kappa shape index (κ1) is 19.9. The van der Waals surface area contributed by atoms with Crippen molar-refractivity contribution >= 4 is 17.5 Å². The molecule has 2 aromatic rings. The highest BCUT2D eigenvalue weighted by Gasteiger charge is 2.13. The second-order valence-electron chi connectivity index (χ2n) is 6.79. The van der Waals surface area contributed by atoms with Crippen molar-refractivity contribution < 1.29 is 9.59 Å². The molecule has 0 aromatic carbocycles. The summed E-state index contributed by atoms with van der Waals surface area (Å²) in [6.07, 6.45) is 2.16. The summed E-state index contributed by atoms with van der Waals surface area (Å²) in [7, 11) is 0. The lowest BCUT2D eigenvalue weighted by Gasteiger charge is -2.12. The third-order valence-electron chi connectivity index (χ3n) is 4.58. The van der Waals surface area contributed by atoms with Crippen LogP contribution in [0.5, 0.6) is 0 Å². The largest absolute Gasteiger partial charge is 0.356 e. The third-order valence-corrected chi connectivity index (χ3v) is 4.58. The van der Waals surface area contributed by atoms with Crippen LogP contribution in [0.3, 0.4) is 0 Å². The van der Waals surface area contributed by atoms with Crippen LogP contribution in [0, 0.1) is 20.8 Å². The molecule has 26 heavy (non-hydrogen) atoms. The van der Waals surface area contributed by atoms with Crippen molar-refractivity contribution in [1.29, 1.82) is 0 Å². The summed E-state index contributed by atoms with van der Waals surface area (Å²) in [5.74, 6) is -0.0908. The van der Waals surface area contributed by atoms with Crippen molar-refractivity contribution in [3.05, 3.63) is 28.7 Å². The minimum absolute atomic E-state index is 0.0324. The summed E-state index contributed by atoms with van der Waals surface area (Å²) < 4.78 is 1.83. The molecule has 142 valence electrons. The highest BCUT2D eigenvalue weighted by atomic mass is 16.2. The molecule has 0 aliphatic heterocycles. The molecule has 1 atom stereocenters. The number of amides is 2. The van der Waals surface area contributed by atoms with E-state index in [-0.39, 0.29) is 17.9 Å². The Balaban J connectivity index is 1.86. The fraction of sp³-hybridized carbons (Fsp3) is 0.579. The molecule has 7 nitrogen and oxygen atoms in total. The number of carbonyl (C=O) groups is 2. The second-order valence-corrected chi connectivity index (χ2v) is 6.79. The molecule has 0 spiro atoms. The number of hydrogen-bond acceptors (Lipinski definition) is 4. The van der Waals surface area contributed by atoms with Gasteiger partial charge in [0.15, 0.2) is 5.65 Å². The van der Waals surface area contributed by atoms with Crippen LogP contribution in [-0.4, -0.2) is 39.0 Å². The maximum atomic E-state index is 12.1. The molecule has 0 aliphatic rings. The first-order valence-electron chi connectivity index (χ1n) is 9.20. The zero-order valence-electron chi connectivity index (χ0n) is 16.3. The van der Waals surface area contributed by atoms with E-state index in [1.165, 1.54) is 0 Å². The van der Waals surface area contributed by atoms with Crippen LogP contribution in [0.15, 0.2) is 6.07 Å². The molecule has 2 aromatic heterocycles. The zero-order valence-corrected chi connectivity index (χ0v) is 16.3. The number of nitrogens with one attached hydrogen (secondary N) is 2. The molecule has 2 heterocycles. The molecule has 2 rings (SSSR count). The van der Waals surface area contributed by atoms with Gasteiger partial charge >= 0.3 is 0 Å². The SMILES string of the molecule is CC[C@@H](C)NC(=O)CCNC(=O)CCc1c(C)nc2cc(C)nn2c1C. The smallest absolute Gasteiger partial charge is 0.221 e. The number of aryl methyl sites for hydroxylation is 3. The van der Waals surface area contributed by atoms with Gasteiger partial charge in [0.05, 0.1) is 5.69 Å². The van der Waals surface area contributed by atoms with E-state index in [1.807, 2.05) is 45.2 Å². The maximum absolute atomic E-state index is 12.1. The Morgan fingerprint density at radius 3 is 2.62 bits per heavy atom. The van der Waals surface area contributed by atoms with Crippen LogP contribution in [0.4, 0.5) is 0 Å². The lowest BCUT2D eigenvalue weighted by molar-refractivity contribution is -0.122. The molecule has 0 aliphatic carbocycles. The Morgan fingerprint density at radius 2 is 1.92 bits per heavy atom. The van der Waals surface area contributed by atoms with Crippen molar-refractivity contribution in [2.45, 2.75) is 66.3 Å². The summed E-state index contributed by atoms with van der Waals surface area (Å²) in [6, 6.07) is 2.11. The Kier molecular flexibility index (Phi) is 6.71. The van der Waals surface area contributed by atoms with Gasteiger partial charge in [-0.15, -0.1) is 0 Å². The quantitative estimate of drug-likeness (QED) is 0.755. The fourth-order valence-electron chi connectivity index (χ4n) is 2.89. The van der Waals surface area contributed by atoms with Gasteiger partial charge in [0, 0.05) is 42.9 Å². The molecule has 0 radical (unpaired) electrons. The van der Waals surface area contributed by atoms with Gasteiger partial charge in [-0.25, -0.2) is 9.50 Å². The van der Waals surface area contributed by atoms with Crippen molar-refractivity contribution in [3.63, 3.8) is 0 Å². The lowest BCUT2D eigenvalue weighted by Crippen LogP contribution is -2.35. The molecular formula is C19H29N5O2. The predicted octanol–water partition coefficient (Wildman–Crippen LogP) is 2.01. The van der Waals surface area contributed by atoms with Gasteiger partial charge in [-0.1, -0.05) is 6.92 Å². The fourth-order valence-corrected chi connectivity index (χ4v) is 2.89. The Morgan fingerprint density at radius 1 is 1.19 bits per heavy atom. The monoisotopic (exact) mass is 359 g/mol. The van der Waals surface area contributed by atoms with Crippen molar-refractivity contribution in [1.82, 2.24) is 25.2 Å². The number of nitrogens with zero attached hydrogens (tertiary/aromatic N) is 3. The van der Waals surface area contributed by atoms with Crippen LogP contribution >= 0.6 is 0 Å². The average Bonchev–Trinajstić information content (AvgIpc) is 2.94. The van der Waals surface area contributed by atoms with Gasteiger partial charge in [0.25, 0.3) is 0 Å². The molecule has 2 amide bonds. The first-order chi connectivity index (χ1) is 12.3. The summed E-state index contributed by atoms with van der Waals surface area (Å²) in [4.78, 5) is 28.4. The Bertz CT molecular complexity index is 797. The molecule has 0 fully saturated rings. The van der Waals surface area contributed by atoms with Gasteiger partial charge in [-0.3, -0.25) is 9.59 Å². The summed E-state index contributed by atoms with van der Waals surface area (Å²) >= 11 is 0. The molecule has 0 saturated heterocycles. The third kappa shape index (κ3) is 5.03. The van der Waals surface area contributed by atoms with Gasteiger partial charge in [0.1, 0.15) is 0 Å². The Hall–Kier alpha value is -2.44. The number of hydrogen-bond donors (Lipinski definition) is 2. The summed E-state index contributed by atoms with van der Waals surface area (Å²) in [5, 5.41) is 10.1. The minimum atomic E-state index is -0.0584. The highest BCUT2D eigenvalue weighted by molar-refractivity contribution is 5.79. The van der Waals surface area contributed by atoms with E-state index in [0.29, 0.717) is 25.8 Å². The number of fused-ring (bicyclic) bond motifs is 1. The minimum Gasteiger partial charge on any atom is -0.356 e. The normalized spacial score (nSPS) is 12.2. The molecule has 2 N–H and O–H groups in total.